The molecule has 0 spiro atoms. The van der Waals surface area contributed by atoms with Crippen LogP contribution in [-0.2, 0) is 7.05 Å². The number of imidazole rings is 1. The number of anilines is 1. The van der Waals surface area contributed by atoms with Crippen molar-refractivity contribution >= 4 is 22.6 Å². The zero-order valence-electron chi connectivity index (χ0n) is 10.4. The number of nitrogens with zero attached hydrogens (tertiary/aromatic N) is 3. The largest absolute Gasteiger partial charge is 0.334 e. The van der Waals surface area contributed by atoms with Gasteiger partial charge in [-0.15, -0.1) is 0 Å². The summed E-state index contributed by atoms with van der Waals surface area (Å²) in [5, 5.41) is 2.82. The standard InChI is InChI=1S/C14H12N4O/c1-18-9-16-12-8-10(2-3-13(12)18)14(19)17-11-4-6-15-7-5-11/h2-9H,1H3,(H,15,17,19). The quantitative estimate of drug-likeness (QED) is 0.760. The van der Waals surface area contributed by atoms with Crippen LogP contribution in [0.15, 0.2) is 49.1 Å². The van der Waals surface area contributed by atoms with Crippen molar-refractivity contribution in [3.8, 4) is 0 Å². The zero-order chi connectivity index (χ0) is 13.2. The number of aromatic nitrogens is 3. The number of carbonyl (C=O) groups excluding carboxylic acids is 1. The second kappa shape index (κ2) is 4.53. The molecule has 19 heavy (non-hydrogen) atoms. The van der Waals surface area contributed by atoms with E-state index in [1.165, 1.54) is 0 Å². The van der Waals surface area contributed by atoms with Gasteiger partial charge in [-0.3, -0.25) is 9.78 Å². The first-order chi connectivity index (χ1) is 9.24. The van der Waals surface area contributed by atoms with Gasteiger partial charge >= 0.3 is 0 Å². The number of benzene rings is 1. The van der Waals surface area contributed by atoms with E-state index >= 15 is 0 Å². The van der Waals surface area contributed by atoms with Crippen LogP contribution in [0, 0.1) is 0 Å². The number of nitrogens with one attached hydrogen (secondary N) is 1. The average molecular weight is 252 g/mol. The molecule has 0 aliphatic heterocycles. The molecule has 1 amide bonds. The highest BCUT2D eigenvalue weighted by atomic mass is 16.1. The smallest absolute Gasteiger partial charge is 0.255 e. The third-order valence-corrected chi connectivity index (χ3v) is 2.93. The molecule has 0 saturated carbocycles. The molecule has 0 atom stereocenters. The van der Waals surface area contributed by atoms with E-state index in [2.05, 4.69) is 15.3 Å². The topological polar surface area (TPSA) is 59.8 Å². The molecule has 1 N–H and O–H groups in total. The van der Waals surface area contributed by atoms with E-state index in [0.29, 0.717) is 5.56 Å². The minimum atomic E-state index is -0.154. The summed E-state index contributed by atoms with van der Waals surface area (Å²) in [6, 6.07) is 8.96. The number of rotatable bonds is 2. The summed E-state index contributed by atoms with van der Waals surface area (Å²) >= 11 is 0. The Balaban J connectivity index is 1.89. The summed E-state index contributed by atoms with van der Waals surface area (Å²) in [6.07, 6.45) is 5.00. The minimum Gasteiger partial charge on any atom is -0.334 e. The molecule has 1 aromatic carbocycles. The lowest BCUT2D eigenvalue weighted by Crippen LogP contribution is -2.11. The van der Waals surface area contributed by atoms with Gasteiger partial charge in [-0.05, 0) is 30.3 Å². The van der Waals surface area contributed by atoms with Crippen molar-refractivity contribution in [3.05, 3.63) is 54.6 Å². The zero-order valence-corrected chi connectivity index (χ0v) is 10.4. The van der Waals surface area contributed by atoms with Gasteiger partial charge in [0.2, 0.25) is 0 Å². The van der Waals surface area contributed by atoms with Crippen molar-refractivity contribution in [2.75, 3.05) is 5.32 Å². The maximum Gasteiger partial charge on any atom is 0.255 e. The second-order valence-electron chi connectivity index (χ2n) is 4.25. The first kappa shape index (κ1) is 11.4. The highest BCUT2D eigenvalue weighted by Gasteiger charge is 2.08. The predicted molar refractivity (Wildman–Crippen MR) is 72.9 cm³/mol. The first-order valence-electron chi connectivity index (χ1n) is 5.86. The van der Waals surface area contributed by atoms with Gasteiger partial charge in [0, 0.05) is 30.7 Å². The molecule has 0 aliphatic rings. The maximum atomic E-state index is 12.1. The van der Waals surface area contributed by atoms with E-state index in [-0.39, 0.29) is 5.91 Å². The fourth-order valence-electron chi connectivity index (χ4n) is 1.92. The lowest BCUT2D eigenvalue weighted by molar-refractivity contribution is 0.102. The van der Waals surface area contributed by atoms with Gasteiger partial charge in [-0.1, -0.05) is 0 Å². The van der Waals surface area contributed by atoms with E-state index in [1.54, 1.807) is 43.0 Å². The van der Waals surface area contributed by atoms with Crippen molar-refractivity contribution in [2.24, 2.45) is 7.05 Å². The van der Waals surface area contributed by atoms with Gasteiger partial charge in [0.25, 0.3) is 5.91 Å². The molecular formula is C14H12N4O. The molecule has 2 aromatic heterocycles. The molecule has 94 valence electrons. The Morgan fingerprint density at radius 1 is 1.21 bits per heavy atom. The number of amides is 1. The lowest BCUT2D eigenvalue weighted by Gasteiger charge is -2.04. The average Bonchev–Trinajstić information content (AvgIpc) is 2.81. The van der Waals surface area contributed by atoms with Crippen molar-refractivity contribution < 1.29 is 4.79 Å². The van der Waals surface area contributed by atoms with Crippen LogP contribution in [-0.4, -0.2) is 20.4 Å². The third kappa shape index (κ3) is 2.18. The number of carbonyl (C=O) groups is 1. The summed E-state index contributed by atoms with van der Waals surface area (Å²) in [4.78, 5) is 20.2. The van der Waals surface area contributed by atoms with E-state index in [4.69, 9.17) is 0 Å². The van der Waals surface area contributed by atoms with E-state index < -0.39 is 0 Å². The first-order valence-corrected chi connectivity index (χ1v) is 5.86. The molecule has 0 radical (unpaired) electrons. The summed E-state index contributed by atoms with van der Waals surface area (Å²) in [5.41, 5.74) is 3.12. The molecule has 3 aromatic rings. The number of fused-ring (bicyclic) bond motifs is 1. The number of pyridine rings is 1. The van der Waals surface area contributed by atoms with Crippen LogP contribution in [0.25, 0.3) is 11.0 Å². The molecule has 2 heterocycles. The molecule has 0 saturated heterocycles. The monoisotopic (exact) mass is 252 g/mol. The highest BCUT2D eigenvalue weighted by Crippen LogP contribution is 2.15. The Morgan fingerprint density at radius 2 is 2.00 bits per heavy atom. The SMILES string of the molecule is Cn1cnc2cc(C(=O)Nc3ccncc3)ccc21. The highest BCUT2D eigenvalue weighted by molar-refractivity contribution is 6.05. The fraction of sp³-hybridized carbons (Fsp3) is 0.0714. The Labute approximate surface area is 109 Å². The van der Waals surface area contributed by atoms with Gasteiger partial charge in [0.1, 0.15) is 0 Å². The Bertz CT molecular complexity index is 734. The predicted octanol–water partition coefficient (Wildman–Crippen LogP) is 2.22. The Hall–Kier alpha value is -2.69. The lowest BCUT2D eigenvalue weighted by atomic mass is 10.2. The minimum absolute atomic E-state index is 0.154. The molecule has 5 nitrogen and oxygen atoms in total. The number of aryl methyl sites for hydroxylation is 1. The number of hydrogen-bond donors (Lipinski definition) is 1. The van der Waals surface area contributed by atoms with E-state index in [0.717, 1.165) is 16.7 Å². The van der Waals surface area contributed by atoms with Gasteiger partial charge in [-0.2, -0.15) is 0 Å². The van der Waals surface area contributed by atoms with Crippen molar-refractivity contribution in [1.82, 2.24) is 14.5 Å². The molecule has 0 aliphatic carbocycles. The molecule has 5 heteroatoms. The van der Waals surface area contributed by atoms with Gasteiger partial charge < -0.3 is 9.88 Å². The Kier molecular flexibility index (Phi) is 2.72. The second-order valence-corrected chi connectivity index (χ2v) is 4.25. The maximum absolute atomic E-state index is 12.1. The fourth-order valence-corrected chi connectivity index (χ4v) is 1.92. The van der Waals surface area contributed by atoms with Crippen LogP contribution in [0.1, 0.15) is 10.4 Å². The Morgan fingerprint density at radius 3 is 2.79 bits per heavy atom. The number of hydrogen-bond acceptors (Lipinski definition) is 3. The third-order valence-electron chi connectivity index (χ3n) is 2.93. The molecule has 0 unspecified atom stereocenters. The van der Waals surface area contributed by atoms with Gasteiger partial charge in [0.15, 0.2) is 0 Å². The molecule has 0 bridgehead atoms. The van der Waals surface area contributed by atoms with E-state index in [9.17, 15) is 4.79 Å². The molecular weight excluding hydrogens is 240 g/mol. The van der Waals surface area contributed by atoms with Crippen molar-refractivity contribution in [2.45, 2.75) is 0 Å². The summed E-state index contributed by atoms with van der Waals surface area (Å²) < 4.78 is 1.92. The van der Waals surface area contributed by atoms with Crippen LogP contribution >= 0.6 is 0 Å². The van der Waals surface area contributed by atoms with Gasteiger partial charge in [-0.25, -0.2) is 4.98 Å². The molecule has 3 rings (SSSR count). The van der Waals surface area contributed by atoms with Crippen molar-refractivity contribution in [1.29, 1.82) is 0 Å². The van der Waals surface area contributed by atoms with Crippen LogP contribution in [0.5, 0.6) is 0 Å². The van der Waals surface area contributed by atoms with Crippen molar-refractivity contribution in [3.63, 3.8) is 0 Å². The van der Waals surface area contributed by atoms with Crippen LogP contribution in [0.4, 0.5) is 5.69 Å². The normalized spacial score (nSPS) is 10.6. The van der Waals surface area contributed by atoms with E-state index in [1.807, 2.05) is 17.7 Å². The summed E-state index contributed by atoms with van der Waals surface area (Å²) in [7, 11) is 1.92. The summed E-state index contributed by atoms with van der Waals surface area (Å²) in [6.45, 7) is 0. The summed E-state index contributed by atoms with van der Waals surface area (Å²) in [5.74, 6) is -0.154. The van der Waals surface area contributed by atoms with Gasteiger partial charge in [0.05, 0.1) is 17.4 Å². The van der Waals surface area contributed by atoms with Crippen LogP contribution < -0.4 is 5.32 Å². The molecule has 0 fully saturated rings. The van der Waals surface area contributed by atoms with Crippen LogP contribution in [0.3, 0.4) is 0 Å². The van der Waals surface area contributed by atoms with Crippen LogP contribution in [0.2, 0.25) is 0 Å².